The van der Waals surface area contributed by atoms with E-state index in [-0.39, 0.29) is 11.6 Å². The molecule has 1 aromatic rings. The molecule has 1 fully saturated rings. The second kappa shape index (κ2) is 9.73. The molecule has 0 bridgehead atoms. The molecule has 2 rings (SSSR count). The van der Waals surface area contributed by atoms with Gasteiger partial charge in [-0.25, -0.2) is 4.98 Å². The van der Waals surface area contributed by atoms with Gasteiger partial charge >= 0.3 is 0 Å². The summed E-state index contributed by atoms with van der Waals surface area (Å²) in [6.45, 7) is 3.32. The van der Waals surface area contributed by atoms with Gasteiger partial charge in [0.1, 0.15) is 0 Å². The van der Waals surface area contributed by atoms with E-state index >= 15 is 0 Å². The number of amides is 1. The lowest BCUT2D eigenvalue weighted by atomic mass is 10.1. The van der Waals surface area contributed by atoms with E-state index < -0.39 is 0 Å². The number of carbonyl (C=O) groups is 1. The van der Waals surface area contributed by atoms with Crippen molar-refractivity contribution in [2.24, 2.45) is 0 Å². The minimum atomic E-state index is -0.305. The van der Waals surface area contributed by atoms with Gasteiger partial charge in [0, 0.05) is 12.6 Å². The molecule has 1 aliphatic rings. The van der Waals surface area contributed by atoms with E-state index in [1.54, 1.807) is 12.1 Å². The Morgan fingerprint density at radius 1 is 1.30 bits per heavy atom. The van der Waals surface area contributed by atoms with Crippen molar-refractivity contribution in [2.45, 2.75) is 51.6 Å². The Kier molecular flexibility index (Phi) is 7.62. The van der Waals surface area contributed by atoms with Crippen molar-refractivity contribution in [3.8, 4) is 5.88 Å². The lowest BCUT2D eigenvalue weighted by Crippen LogP contribution is -2.29. The predicted octanol–water partition coefficient (Wildman–Crippen LogP) is 3.60. The third kappa shape index (κ3) is 5.99. The summed E-state index contributed by atoms with van der Waals surface area (Å²) < 4.78 is 11.1. The van der Waals surface area contributed by atoms with Gasteiger partial charge in [-0.2, -0.15) is 0 Å². The van der Waals surface area contributed by atoms with Gasteiger partial charge in [0.2, 0.25) is 5.88 Å². The summed E-state index contributed by atoms with van der Waals surface area (Å²) in [5.74, 6) is 0.0952. The van der Waals surface area contributed by atoms with Crippen molar-refractivity contribution in [3.63, 3.8) is 0 Å². The van der Waals surface area contributed by atoms with Gasteiger partial charge < -0.3 is 14.8 Å². The molecule has 1 saturated carbocycles. The van der Waals surface area contributed by atoms with Crippen molar-refractivity contribution >= 4 is 17.5 Å². The Balaban J connectivity index is 1.76. The topological polar surface area (TPSA) is 60.5 Å². The maximum absolute atomic E-state index is 12.2. The minimum Gasteiger partial charge on any atom is -0.478 e. The smallest absolute Gasteiger partial charge is 0.271 e. The Bertz CT molecular complexity index is 503. The molecule has 0 spiro atoms. The number of ether oxygens (including phenoxy) is 2. The van der Waals surface area contributed by atoms with Gasteiger partial charge in [0.15, 0.2) is 5.69 Å². The highest BCUT2D eigenvalue weighted by atomic mass is 35.5. The summed E-state index contributed by atoms with van der Waals surface area (Å²) in [5.41, 5.74) is 0.187. The van der Waals surface area contributed by atoms with Crippen LogP contribution in [0.5, 0.6) is 5.88 Å². The number of nitrogens with one attached hydrogen (secondary N) is 1. The van der Waals surface area contributed by atoms with Gasteiger partial charge in [-0.3, -0.25) is 4.79 Å². The first-order valence-electron chi connectivity index (χ1n) is 8.40. The number of rotatable bonds is 7. The molecule has 0 radical (unpaired) electrons. The third-order valence-electron chi connectivity index (χ3n) is 3.87. The van der Waals surface area contributed by atoms with Crippen LogP contribution >= 0.6 is 11.6 Å². The number of hydrogen-bond donors (Lipinski definition) is 1. The van der Waals surface area contributed by atoms with Crippen LogP contribution in [0.2, 0.25) is 5.02 Å². The Morgan fingerprint density at radius 2 is 2.04 bits per heavy atom. The summed E-state index contributed by atoms with van der Waals surface area (Å²) >= 11 is 6.03. The molecular formula is C17H25ClN2O3. The molecule has 1 amide bonds. The molecule has 128 valence electrons. The fourth-order valence-electron chi connectivity index (χ4n) is 2.69. The number of halogens is 1. The lowest BCUT2D eigenvalue weighted by Gasteiger charge is -2.15. The first-order valence-corrected chi connectivity index (χ1v) is 8.77. The summed E-state index contributed by atoms with van der Waals surface area (Å²) in [7, 11) is 0. The molecular weight excluding hydrogens is 316 g/mol. The molecule has 0 unspecified atom stereocenters. The average Bonchev–Trinajstić information content (AvgIpc) is 2.82. The van der Waals surface area contributed by atoms with E-state index in [0.717, 1.165) is 12.8 Å². The molecule has 5 nitrogen and oxygen atoms in total. The fraction of sp³-hybridized carbons (Fsp3) is 0.647. The fourth-order valence-corrected chi connectivity index (χ4v) is 2.89. The molecule has 0 aromatic carbocycles. The molecule has 1 heterocycles. The van der Waals surface area contributed by atoms with Crippen LogP contribution in [-0.4, -0.2) is 36.8 Å². The highest BCUT2D eigenvalue weighted by Crippen LogP contribution is 2.20. The molecule has 0 atom stereocenters. The van der Waals surface area contributed by atoms with Gasteiger partial charge in [-0.15, -0.1) is 0 Å². The Labute approximate surface area is 142 Å². The zero-order valence-electron chi connectivity index (χ0n) is 13.6. The maximum Gasteiger partial charge on any atom is 0.271 e. The maximum atomic E-state index is 12.2. The monoisotopic (exact) mass is 340 g/mol. The minimum absolute atomic E-state index is 0.187. The standard InChI is InChI=1S/C17H25ClN2O3/c1-2-22-15-10-9-14(18)16(20-15)17(21)19-11-12-23-13-7-5-3-4-6-8-13/h9-10,13H,2-8,11-12H2,1H3,(H,19,21). The van der Waals surface area contributed by atoms with Gasteiger partial charge in [0.05, 0.1) is 24.3 Å². The second-order valence-corrected chi connectivity index (χ2v) is 6.06. The van der Waals surface area contributed by atoms with Gasteiger partial charge in [-0.05, 0) is 25.8 Å². The van der Waals surface area contributed by atoms with Crippen LogP contribution in [0.1, 0.15) is 55.9 Å². The summed E-state index contributed by atoms with van der Waals surface area (Å²) in [6.07, 6.45) is 7.66. The molecule has 6 heteroatoms. The number of nitrogens with zero attached hydrogens (tertiary/aromatic N) is 1. The highest BCUT2D eigenvalue weighted by molar-refractivity contribution is 6.33. The van der Waals surface area contributed by atoms with Crippen LogP contribution in [0.15, 0.2) is 12.1 Å². The van der Waals surface area contributed by atoms with Crippen LogP contribution < -0.4 is 10.1 Å². The van der Waals surface area contributed by atoms with Crippen LogP contribution in [0, 0.1) is 0 Å². The normalized spacial score (nSPS) is 15.9. The van der Waals surface area contributed by atoms with Crippen LogP contribution in [0.4, 0.5) is 0 Å². The van der Waals surface area contributed by atoms with E-state index in [0.29, 0.717) is 36.8 Å². The summed E-state index contributed by atoms with van der Waals surface area (Å²) in [4.78, 5) is 16.3. The largest absolute Gasteiger partial charge is 0.478 e. The van der Waals surface area contributed by atoms with Crippen molar-refractivity contribution in [3.05, 3.63) is 22.8 Å². The van der Waals surface area contributed by atoms with Crippen LogP contribution in [0.25, 0.3) is 0 Å². The molecule has 1 aromatic heterocycles. The second-order valence-electron chi connectivity index (χ2n) is 5.65. The molecule has 1 aliphatic carbocycles. The molecule has 1 N–H and O–H groups in total. The number of pyridine rings is 1. The third-order valence-corrected chi connectivity index (χ3v) is 4.18. The van der Waals surface area contributed by atoms with E-state index in [2.05, 4.69) is 10.3 Å². The number of hydrogen-bond acceptors (Lipinski definition) is 4. The number of aromatic nitrogens is 1. The van der Waals surface area contributed by atoms with Crippen molar-refractivity contribution < 1.29 is 14.3 Å². The van der Waals surface area contributed by atoms with Crippen molar-refractivity contribution in [1.29, 1.82) is 0 Å². The zero-order chi connectivity index (χ0) is 16.5. The molecule has 0 aliphatic heterocycles. The van der Waals surface area contributed by atoms with Gasteiger partial charge in [0.25, 0.3) is 5.91 Å². The van der Waals surface area contributed by atoms with E-state index in [1.165, 1.54) is 25.7 Å². The van der Waals surface area contributed by atoms with Crippen molar-refractivity contribution in [2.75, 3.05) is 19.8 Å². The van der Waals surface area contributed by atoms with Crippen LogP contribution in [0.3, 0.4) is 0 Å². The summed E-state index contributed by atoms with van der Waals surface area (Å²) in [6, 6.07) is 3.27. The predicted molar refractivity (Wildman–Crippen MR) is 90.2 cm³/mol. The van der Waals surface area contributed by atoms with E-state index in [4.69, 9.17) is 21.1 Å². The first-order chi connectivity index (χ1) is 11.2. The number of carbonyl (C=O) groups excluding carboxylic acids is 1. The highest BCUT2D eigenvalue weighted by Gasteiger charge is 2.15. The van der Waals surface area contributed by atoms with Crippen molar-refractivity contribution in [1.82, 2.24) is 10.3 Å². The summed E-state index contributed by atoms with van der Waals surface area (Å²) in [5, 5.41) is 3.11. The lowest BCUT2D eigenvalue weighted by molar-refractivity contribution is 0.0441. The zero-order valence-corrected chi connectivity index (χ0v) is 14.4. The molecule has 0 saturated heterocycles. The Hall–Kier alpha value is -1.33. The SMILES string of the molecule is CCOc1ccc(Cl)c(C(=O)NCCOC2CCCCCC2)n1. The van der Waals surface area contributed by atoms with E-state index in [9.17, 15) is 4.79 Å². The quantitative estimate of drug-likeness (QED) is 0.608. The first kappa shape index (κ1) is 18.0. The van der Waals surface area contributed by atoms with E-state index in [1.807, 2.05) is 6.92 Å². The molecule has 23 heavy (non-hydrogen) atoms. The van der Waals surface area contributed by atoms with Crippen LogP contribution in [-0.2, 0) is 4.74 Å². The average molecular weight is 341 g/mol. The van der Waals surface area contributed by atoms with Gasteiger partial charge in [-0.1, -0.05) is 37.3 Å². The Morgan fingerprint density at radius 3 is 2.74 bits per heavy atom.